The van der Waals surface area contributed by atoms with Crippen molar-refractivity contribution in [1.82, 2.24) is 0 Å². The van der Waals surface area contributed by atoms with Gasteiger partial charge in [-0.3, -0.25) is 10.1 Å². The van der Waals surface area contributed by atoms with E-state index in [2.05, 4.69) is 5.32 Å². The fourth-order valence-corrected chi connectivity index (χ4v) is 3.58. The van der Waals surface area contributed by atoms with Crippen LogP contribution in [0.4, 0.5) is 15.8 Å². The van der Waals surface area contributed by atoms with Gasteiger partial charge in [0.25, 0.3) is 5.69 Å². The van der Waals surface area contributed by atoms with Gasteiger partial charge in [-0.2, -0.15) is 0 Å². The Balaban J connectivity index is 1.59. The van der Waals surface area contributed by atoms with Crippen LogP contribution in [0.1, 0.15) is 18.4 Å². The number of nitrogens with one attached hydrogen (secondary N) is 1. The van der Waals surface area contributed by atoms with E-state index in [-0.39, 0.29) is 23.6 Å². The van der Waals surface area contributed by atoms with Crippen molar-refractivity contribution in [3.8, 4) is 11.5 Å². The van der Waals surface area contributed by atoms with E-state index < -0.39 is 10.7 Å². The largest absolute Gasteiger partial charge is 0.454 e. The lowest BCUT2D eigenvalue weighted by atomic mass is 9.74. The highest BCUT2D eigenvalue weighted by Crippen LogP contribution is 2.41. The van der Waals surface area contributed by atoms with E-state index in [1.807, 2.05) is 18.2 Å². The van der Waals surface area contributed by atoms with Gasteiger partial charge in [-0.15, -0.1) is 0 Å². The summed E-state index contributed by atoms with van der Waals surface area (Å²) in [6, 6.07) is 9.50. The molecular weight excluding hydrogens is 355 g/mol. The molecule has 0 spiro atoms. The minimum absolute atomic E-state index is 0.209. The molecule has 2 aromatic rings. The molecule has 0 atom stereocenters. The Morgan fingerprint density at radius 1 is 1.11 bits per heavy atom. The Hall–Kier alpha value is -2.87. The highest BCUT2D eigenvalue weighted by Gasteiger charge is 2.35. The molecule has 0 amide bonds. The highest BCUT2D eigenvalue weighted by molar-refractivity contribution is 5.52. The van der Waals surface area contributed by atoms with E-state index in [0.717, 1.165) is 30.2 Å². The monoisotopic (exact) mass is 374 g/mol. The third-order valence-corrected chi connectivity index (χ3v) is 5.22. The van der Waals surface area contributed by atoms with Gasteiger partial charge >= 0.3 is 0 Å². The molecule has 27 heavy (non-hydrogen) atoms. The molecule has 0 aromatic heterocycles. The molecule has 2 aromatic carbocycles. The summed E-state index contributed by atoms with van der Waals surface area (Å²) in [4.78, 5) is 10.2. The van der Waals surface area contributed by atoms with Gasteiger partial charge in [0, 0.05) is 31.2 Å². The average molecular weight is 374 g/mol. The maximum Gasteiger partial charge on any atom is 0.272 e. The molecule has 1 N–H and O–H groups in total. The minimum atomic E-state index is -0.642. The zero-order valence-electron chi connectivity index (χ0n) is 14.6. The first-order valence-electron chi connectivity index (χ1n) is 8.73. The van der Waals surface area contributed by atoms with Crippen molar-refractivity contribution in [3.05, 3.63) is 57.9 Å². The lowest BCUT2D eigenvalue weighted by Gasteiger charge is -2.38. The lowest BCUT2D eigenvalue weighted by molar-refractivity contribution is -0.385. The fraction of sp³-hybridized carbons (Fsp3) is 0.368. The van der Waals surface area contributed by atoms with Crippen molar-refractivity contribution in [2.45, 2.75) is 18.3 Å². The quantitative estimate of drug-likeness (QED) is 0.636. The Labute approximate surface area is 155 Å². The number of halogens is 1. The summed E-state index contributed by atoms with van der Waals surface area (Å²) in [6.07, 6.45) is 1.54. The smallest absolute Gasteiger partial charge is 0.272 e. The second kappa shape index (κ2) is 7.03. The van der Waals surface area contributed by atoms with Crippen LogP contribution in [0.25, 0.3) is 0 Å². The molecule has 7 nitrogen and oxygen atoms in total. The van der Waals surface area contributed by atoms with Crippen LogP contribution in [0.2, 0.25) is 0 Å². The van der Waals surface area contributed by atoms with Crippen molar-refractivity contribution in [2.75, 3.05) is 31.9 Å². The third kappa shape index (κ3) is 3.40. The number of hydrogen-bond donors (Lipinski definition) is 1. The van der Waals surface area contributed by atoms with Gasteiger partial charge in [-0.25, -0.2) is 4.39 Å². The molecule has 2 aliphatic heterocycles. The number of ether oxygens (including phenoxy) is 3. The number of fused-ring (bicyclic) bond motifs is 1. The number of rotatable bonds is 5. The van der Waals surface area contributed by atoms with Gasteiger partial charge < -0.3 is 19.5 Å². The summed E-state index contributed by atoms with van der Waals surface area (Å²) in [6.45, 7) is 1.91. The molecule has 2 heterocycles. The first kappa shape index (κ1) is 17.5. The van der Waals surface area contributed by atoms with E-state index >= 15 is 0 Å². The molecule has 4 rings (SSSR count). The van der Waals surface area contributed by atoms with Gasteiger partial charge in [0.15, 0.2) is 17.3 Å². The molecule has 0 bridgehead atoms. The van der Waals surface area contributed by atoms with Crippen molar-refractivity contribution < 1.29 is 23.5 Å². The van der Waals surface area contributed by atoms with Crippen molar-refractivity contribution in [2.24, 2.45) is 0 Å². The lowest BCUT2D eigenvalue weighted by Crippen LogP contribution is -2.40. The van der Waals surface area contributed by atoms with E-state index in [9.17, 15) is 14.5 Å². The second-order valence-corrected chi connectivity index (χ2v) is 6.74. The van der Waals surface area contributed by atoms with Gasteiger partial charge in [-0.1, -0.05) is 6.07 Å². The number of nitro benzene ring substituents is 1. The van der Waals surface area contributed by atoms with Crippen LogP contribution in [0.3, 0.4) is 0 Å². The van der Waals surface area contributed by atoms with Crippen LogP contribution in [-0.4, -0.2) is 31.5 Å². The van der Waals surface area contributed by atoms with Gasteiger partial charge in [0.1, 0.15) is 0 Å². The maximum atomic E-state index is 14.2. The Morgan fingerprint density at radius 3 is 2.63 bits per heavy atom. The number of nitro groups is 1. The fourth-order valence-electron chi connectivity index (χ4n) is 3.58. The van der Waals surface area contributed by atoms with Gasteiger partial charge in [-0.05, 0) is 36.6 Å². The normalized spacial score (nSPS) is 17.5. The summed E-state index contributed by atoms with van der Waals surface area (Å²) in [7, 11) is 0. The minimum Gasteiger partial charge on any atom is -0.454 e. The highest BCUT2D eigenvalue weighted by atomic mass is 19.1. The maximum absolute atomic E-state index is 14.2. The number of benzene rings is 2. The summed E-state index contributed by atoms with van der Waals surface area (Å²) in [5.41, 5.74) is 0.791. The van der Waals surface area contributed by atoms with Crippen LogP contribution in [-0.2, 0) is 10.2 Å². The number of hydrogen-bond acceptors (Lipinski definition) is 6. The van der Waals surface area contributed by atoms with Gasteiger partial charge in [0.05, 0.1) is 16.7 Å². The Bertz CT molecular complexity index is 867. The first-order valence-corrected chi connectivity index (χ1v) is 8.73. The molecule has 0 saturated carbocycles. The van der Waals surface area contributed by atoms with Crippen molar-refractivity contribution >= 4 is 11.4 Å². The Kier molecular flexibility index (Phi) is 4.57. The molecule has 1 fully saturated rings. The van der Waals surface area contributed by atoms with Crippen LogP contribution < -0.4 is 14.8 Å². The zero-order chi connectivity index (χ0) is 18.9. The number of anilines is 1. The first-order chi connectivity index (χ1) is 13.1. The van der Waals surface area contributed by atoms with Gasteiger partial charge in [0.2, 0.25) is 6.79 Å². The molecule has 0 unspecified atom stereocenters. The molecule has 2 aliphatic rings. The van der Waals surface area contributed by atoms with E-state index in [1.54, 1.807) is 0 Å². The molecule has 142 valence electrons. The number of nitrogens with zero attached hydrogens (tertiary/aromatic N) is 1. The molecule has 1 saturated heterocycles. The predicted molar refractivity (Wildman–Crippen MR) is 95.8 cm³/mol. The standard InChI is InChI=1S/C19H19FN2O5/c20-15-10-14(22(23)24)2-3-16(15)21-11-19(5-7-25-8-6-19)13-1-4-17-18(9-13)27-12-26-17/h1-4,9-10,21H,5-8,11-12H2. The zero-order valence-corrected chi connectivity index (χ0v) is 14.6. The predicted octanol–water partition coefficient (Wildman–Crippen LogP) is 3.62. The van der Waals surface area contributed by atoms with Crippen molar-refractivity contribution in [1.29, 1.82) is 0 Å². The molecule has 0 aliphatic carbocycles. The SMILES string of the molecule is O=[N+]([O-])c1ccc(NCC2(c3ccc4c(c3)OCO4)CCOCC2)c(F)c1. The van der Waals surface area contributed by atoms with E-state index in [0.29, 0.717) is 25.5 Å². The van der Waals surface area contributed by atoms with Crippen LogP contribution in [0, 0.1) is 15.9 Å². The molecular formula is C19H19FN2O5. The van der Waals surface area contributed by atoms with Crippen LogP contribution in [0.15, 0.2) is 36.4 Å². The molecule has 8 heteroatoms. The van der Waals surface area contributed by atoms with Crippen molar-refractivity contribution in [3.63, 3.8) is 0 Å². The topological polar surface area (TPSA) is 82.9 Å². The summed E-state index contributed by atoms with van der Waals surface area (Å²) in [5, 5.41) is 13.9. The number of non-ortho nitro benzene ring substituents is 1. The van der Waals surface area contributed by atoms with Crippen LogP contribution >= 0.6 is 0 Å². The summed E-state index contributed by atoms with van der Waals surface area (Å²) in [5.74, 6) is 0.785. The average Bonchev–Trinajstić information content (AvgIpc) is 3.15. The molecule has 0 radical (unpaired) electrons. The Morgan fingerprint density at radius 2 is 1.89 bits per heavy atom. The summed E-state index contributed by atoms with van der Waals surface area (Å²) < 4.78 is 30.6. The van der Waals surface area contributed by atoms with Crippen LogP contribution in [0.5, 0.6) is 11.5 Å². The van der Waals surface area contributed by atoms with E-state index in [1.165, 1.54) is 12.1 Å². The summed E-state index contributed by atoms with van der Waals surface area (Å²) >= 11 is 0. The third-order valence-electron chi connectivity index (χ3n) is 5.22. The second-order valence-electron chi connectivity index (χ2n) is 6.74. The van der Waals surface area contributed by atoms with E-state index in [4.69, 9.17) is 14.2 Å².